The minimum atomic E-state index is -0.478. The number of phenolic OH excluding ortho intramolecular Hbond substituents is 1. The van der Waals surface area contributed by atoms with Gasteiger partial charge in [0.2, 0.25) is 0 Å². The van der Waals surface area contributed by atoms with Crippen molar-refractivity contribution in [2.45, 2.75) is 50.4 Å². The Labute approximate surface area is 178 Å². The highest BCUT2D eigenvalue weighted by Gasteiger charge is 2.50. The van der Waals surface area contributed by atoms with Crippen LogP contribution in [0.1, 0.15) is 42.9 Å². The Balaban J connectivity index is 1.56. The maximum absolute atomic E-state index is 13.6. The molecule has 7 nitrogen and oxygen atoms in total. The van der Waals surface area contributed by atoms with Crippen molar-refractivity contribution in [2.24, 2.45) is 0 Å². The lowest BCUT2D eigenvalue weighted by atomic mass is 9.79. The molecule has 2 aliphatic heterocycles. The van der Waals surface area contributed by atoms with E-state index in [0.717, 1.165) is 42.4 Å². The number of hydrogen-bond donors (Lipinski definition) is 1. The standard InChI is InChI=1S/C24H23N3O4/c28-17-8-9-18-20(14-17)31-24(11-4-5-12-24)19-10-13-26-22(29)25(23(30)27(26)21(18)19)15-16-6-2-1-3-7-16/h1-3,6-10,14,21,28H,4-5,11-13,15H2. The van der Waals surface area contributed by atoms with Crippen LogP contribution in [0.25, 0.3) is 0 Å². The zero-order valence-corrected chi connectivity index (χ0v) is 17.0. The van der Waals surface area contributed by atoms with Gasteiger partial charge in [-0.1, -0.05) is 36.4 Å². The first-order valence-corrected chi connectivity index (χ1v) is 10.8. The Bertz CT molecular complexity index is 1320. The Kier molecular flexibility index (Phi) is 3.84. The van der Waals surface area contributed by atoms with Crippen LogP contribution in [0.3, 0.4) is 0 Å². The molecule has 0 bridgehead atoms. The lowest BCUT2D eigenvalue weighted by Crippen LogP contribution is -2.48. The fourth-order valence-electron chi connectivity index (χ4n) is 5.46. The first kappa shape index (κ1) is 18.3. The van der Waals surface area contributed by atoms with Gasteiger partial charge in [-0.3, -0.25) is 0 Å². The number of nitrogens with zero attached hydrogens (tertiary/aromatic N) is 3. The van der Waals surface area contributed by atoms with E-state index in [1.165, 1.54) is 9.25 Å². The van der Waals surface area contributed by atoms with E-state index in [0.29, 0.717) is 12.3 Å². The molecule has 1 spiro atoms. The number of benzene rings is 2. The lowest BCUT2D eigenvalue weighted by Gasteiger charge is -2.44. The molecule has 1 aliphatic carbocycles. The second kappa shape index (κ2) is 6.51. The van der Waals surface area contributed by atoms with Crippen LogP contribution in [0.4, 0.5) is 0 Å². The van der Waals surface area contributed by atoms with Crippen molar-refractivity contribution < 1.29 is 9.84 Å². The average Bonchev–Trinajstić information content (AvgIpc) is 3.33. The maximum atomic E-state index is 13.6. The first-order valence-electron chi connectivity index (χ1n) is 10.8. The molecule has 7 heteroatoms. The normalized spacial score (nSPS) is 20.5. The summed E-state index contributed by atoms with van der Waals surface area (Å²) in [5.41, 5.74) is 1.65. The molecule has 3 aliphatic rings. The van der Waals surface area contributed by atoms with E-state index in [1.54, 1.807) is 22.9 Å². The summed E-state index contributed by atoms with van der Waals surface area (Å²) in [5, 5.41) is 10.1. The molecule has 1 aromatic heterocycles. The van der Waals surface area contributed by atoms with E-state index in [-0.39, 0.29) is 23.7 Å². The molecule has 3 aromatic rings. The lowest BCUT2D eigenvalue weighted by molar-refractivity contribution is 0.0830. The van der Waals surface area contributed by atoms with Gasteiger partial charge in [0.25, 0.3) is 0 Å². The zero-order chi connectivity index (χ0) is 21.2. The summed E-state index contributed by atoms with van der Waals surface area (Å²) in [6, 6.07) is 14.2. The molecule has 2 aromatic carbocycles. The number of aromatic nitrogens is 3. The minimum absolute atomic E-state index is 0.126. The fraction of sp³-hybridized carbons (Fsp3) is 0.333. The summed E-state index contributed by atoms with van der Waals surface area (Å²) in [4.78, 5) is 26.8. The summed E-state index contributed by atoms with van der Waals surface area (Å²) in [6.07, 6.45) is 5.91. The first-order chi connectivity index (χ1) is 15.1. The summed E-state index contributed by atoms with van der Waals surface area (Å²) < 4.78 is 10.9. The molecule has 1 atom stereocenters. The van der Waals surface area contributed by atoms with Crippen LogP contribution < -0.4 is 16.1 Å². The van der Waals surface area contributed by atoms with Gasteiger partial charge in [-0.15, -0.1) is 0 Å². The third kappa shape index (κ3) is 2.59. The van der Waals surface area contributed by atoms with Gasteiger partial charge in [-0.25, -0.2) is 23.5 Å². The molecule has 0 amide bonds. The molecule has 158 valence electrons. The monoisotopic (exact) mass is 417 g/mol. The Morgan fingerprint density at radius 1 is 1.03 bits per heavy atom. The van der Waals surface area contributed by atoms with Gasteiger partial charge in [-0.05, 0) is 43.4 Å². The van der Waals surface area contributed by atoms with Crippen molar-refractivity contribution in [3.05, 3.63) is 92.3 Å². The number of rotatable bonds is 2. The Morgan fingerprint density at radius 2 is 1.81 bits per heavy atom. The van der Waals surface area contributed by atoms with Crippen LogP contribution >= 0.6 is 0 Å². The highest BCUT2D eigenvalue weighted by molar-refractivity contribution is 5.51. The number of aromatic hydroxyl groups is 1. The summed E-state index contributed by atoms with van der Waals surface area (Å²) in [7, 11) is 0. The predicted molar refractivity (Wildman–Crippen MR) is 115 cm³/mol. The van der Waals surface area contributed by atoms with E-state index in [9.17, 15) is 14.7 Å². The summed E-state index contributed by atoms with van der Waals surface area (Å²) >= 11 is 0. The van der Waals surface area contributed by atoms with Crippen LogP contribution in [0.2, 0.25) is 0 Å². The van der Waals surface area contributed by atoms with Gasteiger partial charge in [0.15, 0.2) is 0 Å². The molecule has 1 unspecified atom stereocenters. The second-order valence-electron chi connectivity index (χ2n) is 8.65. The molecule has 6 rings (SSSR count). The smallest absolute Gasteiger partial charge is 0.348 e. The van der Waals surface area contributed by atoms with Crippen LogP contribution in [-0.2, 0) is 13.1 Å². The third-order valence-corrected chi connectivity index (χ3v) is 6.88. The zero-order valence-electron chi connectivity index (χ0n) is 17.0. The number of fused-ring (bicyclic) bond motifs is 6. The molecule has 31 heavy (non-hydrogen) atoms. The van der Waals surface area contributed by atoms with Crippen LogP contribution in [0.5, 0.6) is 11.5 Å². The molecular formula is C24H23N3O4. The van der Waals surface area contributed by atoms with E-state index in [4.69, 9.17) is 4.74 Å². The molecule has 0 radical (unpaired) electrons. The van der Waals surface area contributed by atoms with Crippen molar-refractivity contribution >= 4 is 0 Å². The summed E-state index contributed by atoms with van der Waals surface area (Å²) in [6.45, 7) is 0.581. The van der Waals surface area contributed by atoms with Gasteiger partial charge >= 0.3 is 11.4 Å². The second-order valence-corrected chi connectivity index (χ2v) is 8.65. The largest absolute Gasteiger partial charge is 0.508 e. The minimum Gasteiger partial charge on any atom is -0.508 e. The highest BCUT2D eigenvalue weighted by Crippen LogP contribution is 2.52. The highest BCUT2D eigenvalue weighted by atomic mass is 16.5. The molecule has 3 heterocycles. The van der Waals surface area contributed by atoms with Gasteiger partial charge in [0.05, 0.1) is 13.1 Å². The maximum Gasteiger partial charge on any atom is 0.348 e. The quantitative estimate of drug-likeness (QED) is 0.651. The van der Waals surface area contributed by atoms with E-state index < -0.39 is 11.6 Å². The van der Waals surface area contributed by atoms with Crippen molar-refractivity contribution in [3.63, 3.8) is 0 Å². The van der Waals surface area contributed by atoms with E-state index >= 15 is 0 Å². The summed E-state index contributed by atoms with van der Waals surface area (Å²) in [5.74, 6) is 0.717. The Hall–Kier alpha value is -3.48. The Morgan fingerprint density at radius 3 is 2.58 bits per heavy atom. The molecule has 0 saturated heterocycles. The van der Waals surface area contributed by atoms with Crippen molar-refractivity contribution in [1.82, 2.24) is 13.9 Å². The average molecular weight is 417 g/mol. The molecular weight excluding hydrogens is 394 g/mol. The molecule has 1 N–H and O–H groups in total. The topological polar surface area (TPSA) is 78.4 Å². The molecule has 1 saturated carbocycles. The van der Waals surface area contributed by atoms with Gasteiger partial charge < -0.3 is 9.84 Å². The SMILES string of the molecule is O=c1n(Cc2ccccc2)c(=O)n2n1CC=C1C2c2ccc(O)cc2OC12CCCC2. The van der Waals surface area contributed by atoms with Crippen molar-refractivity contribution in [2.75, 3.05) is 0 Å². The van der Waals surface area contributed by atoms with Crippen molar-refractivity contribution in [1.29, 1.82) is 0 Å². The fourth-order valence-corrected chi connectivity index (χ4v) is 5.46. The van der Waals surface area contributed by atoms with Gasteiger partial charge in [0, 0.05) is 17.2 Å². The predicted octanol–water partition coefficient (Wildman–Crippen LogP) is 2.80. The number of ether oxygens (including phenoxy) is 1. The number of hydrogen-bond acceptors (Lipinski definition) is 4. The number of allylic oxidation sites excluding steroid dienone is 1. The van der Waals surface area contributed by atoms with Crippen LogP contribution in [0.15, 0.2) is 69.8 Å². The van der Waals surface area contributed by atoms with Gasteiger partial charge in [0.1, 0.15) is 23.1 Å². The number of phenols is 1. The molecule has 1 fully saturated rings. The van der Waals surface area contributed by atoms with Crippen molar-refractivity contribution in [3.8, 4) is 11.5 Å². The van der Waals surface area contributed by atoms with E-state index in [1.807, 2.05) is 30.3 Å². The third-order valence-electron chi connectivity index (χ3n) is 6.88. The van der Waals surface area contributed by atoms with Crippen LogP contribution in [-0.4, -0.2) is 24.6 Å². The van der Waals surface area contributed by atoms with Crippen LogP contribution in [0, 0.1) is 0 Å². The van der Waals surface area contributed by atoms with Gasteiger partial charge in [-0.2, -0.15) is 0 Å². The van der Waals surface area contributed by atoms with E-state index in [2.05, 4.69) is 6.08 Å².